The molecule has 0 fully saturated rings. The molecule has 0 radical (unpaired) electrons. The minimum Gasteiger partial charge on any atom is -0.861 e. The van der Waals surface area contributed by atoms with Gasteiger partial charge in [0.1, 0.15) is 0 Å². The van der Waals surface area contributed by atoms with Crippen molar-refractivity contribution in [1.29, 1.82) is 0 Å². The van der Waals surface area contributed by atoms with Crippen LogP contribution in [0.25, 0.3) is 0 Å². The van der Waals surface area contributed by atoms with Crippen LogP contribution in [-0.4, -0.2) is 15.7 Å². The van der Waals surface area contributed by atoms with E-state index in [4.69, 9.17) is 0 Å². The Balaban J connectivity index is -0.0000000600. The van der Waals surface area contributed by atoms with Crippen LogP contribution in [0, 0.1) is 0 Å². The average Bonchev–Trinajstić information content (AvgIpc) is 1.30. The van der Waals surface area contributed by atoms with Crippen molar-refractivity contribution in [2.45, 2.75) is 6.92 Å². The van der Waals surface area contributed by atoms with Gasteiger partial charge in [0, 0.05) is 6.61 Å². The van der Waals surface area contributed by atoms with Crippen LogP contribution in [0.4, 0.5) is 0 Å². The maximum absolute atomic E-state index is 9.51. The molecule has 0 heterocycles. The van der Waals surface area contributed by atoms with Crippen LogP contribution in [0.5, 0.6) is 0 Å². The molecule has 44 valence electrons. The van der Waals surface area contributed by atoms with Crippen LogP contribution in [-0.2, 0) is 4.43 Å². The molecule has 0 aliphatic rings. The van der Waals surface area contributed by atoms with E-state index in [2.05, 4.69) is 4.43 Å². The molecule has 4 nitrogen and oxygen atoms in total. The summed E-state index contributed by atoms with van der Waals surface area (Å²) in [6, 6.07) is 0. The van der Waals surface area contributed by atoms with Gasteiger partial charge in [0.05, 0.1) is 0 Å². The predicted molar refractivity (Wildman–Crippen MR) is 17.4 cm³/mol. The summed E-state index contributed by atoms with van der Waals surface area (Å²) in [5.41, 5.74) is 0. The van der Waals surface area contributed by atoms with E-state index in [0.717, 1.165) is 0 Å². The molecule has 0 saturated carbocycles. The fraction of sp³-hybridized carbons (Fsp3) is 1.00. The summed E-state index contributed by atoms with van der Waals surface area (Å²) in [5.74, 6) is 0. The van der Waals surface area contributed by atoms with Crippen molar-refractivity contribution in [3.63, 3.8) is 0 Å². The fourth-order valence-electron chi connectivity index (χ4n) is 0.177. The van der Waals surface area contributed by atoms with Crippen LogP contribution >= 0.6 is 0 Å². The summed E-state index contributed by atoms with van der Waals surface area (Å²) < 4.78 is 3.70. The Kier molecular flexibility index (Phi) is 24.6. The van der Waals surface area contributed by atoms with Gasteiger partial charge in [0.15, 0.2) is 0 Å². The molecule has 0 aliphatic carbocycles. The predicted octanol–water partition coefficient (Wildman–Crippen LogP) is -12.4. The Morgan fingerprint density at radius 2 is 1.40 bits per heavy atom. The minimum absolute atomic E-state index is 0. The molecular weight excluding hydrogens is 137 g/mol. The first kappa shape index (κ1) is 22.6. The van der Waals surface area contributed by atoms with Gasteiger partial charge in [0.25, 0.3) is 0 Å². The molecule has 10 heavy (non-hydrogen) atoms. The van der Waals surface area contributed by atoms with E-state index < -0.39 is 9.05 Å². The van der Waals surface area contributed by atoms with Crippen molar-refractivity contribution in [2.24, 2.45) is 0 Å². The molecule has 0 saturated heterocycles. The standard InChI is InChI=1S/C2H5O4Si.3Li/c1-2-6-7(3,4)5;;;/h2H2,1H3;;;/q-3;3*+1. The van der Waals surface area contributed by atoms with Crippen molar-refractivity contribution in [3.8, 4) is 0 Å². The van der Waals surface area contributed by atoms with E-state index in [1.54, 1.807) is 0 Å². The molecule has 0 unspecified atom stereocenters. The Labute approximate surface area is 97.4 Å². The topological polar surface area (TPSA) is 78.4 Å². The first-order valence-electron chi connectivity index (χ1n) is 1.81. The van der Waals surface area contributed by atoms with Crippen LogP contribution < -0.4 is 71.0 Å². The molecule has 8 heteroatoms. The average molecular weight is 142 g/mol. The Bertz CT molecular complexity index is 57.0. The van der Waals surface area contributed by atoms with Crippen LogP contribution in [0.2, 0.25) is 0 Å². The molecule has 0 bridgehead atoms. The minimum atomic E-state index is -4.91. The zero-order chi connectivity index (χ0) is 5.91. The Morgan fingerprint density at radius 1 is 1.10 bits per heavy atom. The maximum Gasteiger partial charge on any atom is 1.00 e. The van der Waals surface area contributed by atoms with Gasteiger partial charge in [-0.25, -0.2) is 0 Å². The van der Waals surface area contributed by atoms with Gasteiger partial charge in [-0.3, -0.25) is 0 Å². The Morgan fingerprint density at radius 3 is 1.40 bits per heavy atom. The zero-order valence-corrected chi connectivity index (χ0v) is 7.84. The normalized spacial score (nSPS) is 8.40. The molecule has 0 spiro atoms. The summed E-state index contributed by atoms with van der Waals surface area (Å²) in [6.45, 7) is 1.37. The van der Waals surface area contributed by atoms with E-state index in [9.17, 15) is 14.4 Å². The van der Waals surface area contributed by atoms with Crippen LogP contribution in [0.15, 0.2) is 0 Å². The van der Waals surface area contributed by atoms with Gasteiger partial charge in [0.2, 0.25) is 0 Å². The molecular formula is C2H5Li3O4Si. The molecule has 0 aliphatic heterocycles. The first-order valence-corrected chi connectivity index (χ1v) is 3.45. The third-order valence-corrected chi connectivity index (χ3v) is 0.963. The Hall–Kier alpha value is 1.85. The quantitative estimate of drug-likeness (QED) is 0.358. The molecule has 0 atom stereocenters. The maximum atomic E-state index is 9.51. The van der Waals surface area contributed by atoms with E-state index in [-0.39, 0.29) is 63.2 Å². The third kappa shape index (κ3) is 22.5. The first-order chi connectivity index (χ1) is 3.06. The monoisotopic (exact) mass is 142 g/mol. The van der Waals surface area contributed by atoms with Gasteiger partial charge >= 0.3 is 56.6 Å². The second-order valence-electron chi connectivity index (χ2n) is 0.933. The number of rotatable bonds is 2. The van der Waals surface area contributed by atoms with E-state index >= 15 is 0 Å². The summed E-state index contributed by atoms with van der Waals surface area (Å²) in [6.07, 6.45) is 0. The van der Waals surface area contributed by atoms with E-state index in [1.807, 2.05) is 0 Å². The van der Waals surface area contributed by atoms with Crippen LogP contribution in [0.3, 0.4) is 0 Å². The summed E-state index contributed by atoms with van der Waals surface area (Å²) in [5, 5.41) is 0. The molecule has 0 aromatic heterocycles. The summed E-state index contributed by atoms with van der Waals surface area (Å²) in [4.78, 5) is 28.5. The van der Waals surface area contributed by atoms with Gasteiger partial charge in [-0.05, 0) is 6.92 Å². The van der Waals surface area contributed by atoms with Crippen molar-refractivity contribution in [3.05, 3.63) is 0 Å². The van der Waals surface area contributed by atoms with Crippen molar-refractivity contribution in [1.82, 2.24) is 0 Å². The SMILES string of the molecule is CCO[Si]([O-])([O-])[O-].[Li+].[Li+].[Li+]. The second-order valence-corrected chi connectivity index (χ2v) is 2.22. The third-order valence-electron chi connectivity index (χ3n) is 0.321. The van der Waals surface area contributed by atoms with E-state index in [0.29, 0.717) is 0 Å². The molecule has 0 amide bonds. The van der Waals surface area contributed by atoms with Crippen molar-refractivity contribution < 1.29 is 75.4 Å². The fourth-order valence-corrected chi connectivity index (χ4v) is 0.530. The van der Waals surface area contributed by atoms with Gasteiger partial charge in [-0.15, -0.1) is 9.05 Å². The van der Waals surface area contributed by atoms with Gasteiger partial charge in [-0.2, -0.15) is 0 Å². The molecule has 0 aromatic carbocycles. The smallest absolute Gasteiger partial charge is 0.861 e. The number of hydrogen-bond acceptors (Lipinski definition) is 4. The second kappa shape index (κ2) is 10.8. The molecule has 0 N–H and O–H groups in total. The zero-order valence-electron chi connectivity index (χ0n) is 6.84. The summed E-state index contributed by atoms with van der Waals surface area (Å²) >= 11 is 0. The van der Waals surface area contributed by atoms with E-state index in [1.165, 1.54) is 6.92 Å². The van der Waals surface area contributed by atoms with Gasteiger partial charge < -0.3 is 18.8 Å². The van der Waals surface area contributed by atoms with Gasteiger partial charge in [-0.1, -0.05) is 0 Å². The molecule has 0 aromatic rings. The van der Waals surface area contributed by atoms with Crippen LogP contribution in [0.1, 0.15) is 6.92 Å². The largest absolute Gasteiger partial charge is 1.00 e. The van der Waals surface area contributed by atoms with Crippen molar-refractivity contribution >= 4 is 9.05 Å². The summed E-state index contributed by atoms with van der Waals surface area (Å²) in [7, 11) is -4.91. The molecule has 0 rings (SSSR count). The van der Waals surface area contributed by atoms with Crippen molar-refractivity contribution in [2.75, 3.05) is 6.61 Å². The number of hydrogen-bond donors (Lipinski definition) is 0.